The number of hydrogen-bond acceptors (Lipinski definition) is 3. The van der Waals surface area contributed by atoms with Crippen LogP contribution in [0.3, 0.4) is 0 Å². The minimum atomic E-state index is -0.380. The Kier molecular flexibility index (Phi) is 6.69. The summed E-state index contributed by atoms with van der Waals surface area (Å²) >= 11 is 0. The first-order chi connectivity index (χ1) is 9.90. The Morgan fingerprint density at radius 3 is 2.71 bits per heavy atom. The first-order valence-electron chi connectivity index (χ1n) is 7.55. The van der Waals surface area contributed by atoms with Crippen LogP contribution in [-0.4, -0.2) is 29.8 Å². The maximum atomic E-state index is 12.0. The number of amides is 1. The van der Waals surface area contributed by atoms with Gasteiger partial charge in [0.15, 0.2) is 6.61 Å². The highest BCUT2D eigenvalue weighted by molar-refractivity contribution is 5.78. The summed E-state index contributed by atoms with van der Waals surface area (Å²) in [5, 5.41) is 12.0. The van der Waals surface area contributed by atoms with Crippen molar-refractivity contribution in [3.63, 3.8) is 0 Å². The van der Waals surface area contributed by atoms with E-state index in [4.69, 9.17) is 9.84 Å². The summed E-state index contributed by atoms with van der Waals surface area (Å²) in [6.07, 6.45) is 1.31. The summed E-state index contributed by atoms with van der Waals surface area (Å²) < 4.78 is 5.55. The summed E-state index contributed by atoms with van der Waals surface area (Å²) in [6.45, 7) is 8.20. The van der Waals surface area contributed by atoms with Gasteiger partial charge in [-0.3, -0.25) is 4.79 Å². The molecule has 4 nitrogen and oxygen atoms in total. The van der Waals surface area contributed by atoms with Crippen LogP contribution >= 0.6 is 0 Å². The first-order valence-corrected chi connectivity index (χ1v) is 7.55. The highest BCUT2D eigenvalue weighted by atomic mass is 16.5. The van der Waals surface area contributed by atoms with E-state index in [9.17, 15) is 4.79 Å². The molecule has 0 bridgehead atoms. The van der Waals surface area contributed by atoms with Crippen LogP contribution in [0.2, 0.25) is 0 Å². The molecule has 1 rings (SSSR count). The van der Waals surface area contributed by atoms with Gasteiger partial charge in [-0.1, -0.05) is 32.9 Å². The molecule has 0 aromatic heterocycles. The van der Waals surface area contributed by atoms with Crippen LogP contribution in [0.25, 0.3) is 0 Å². The van der Waals surface area contributed by atoms with Crippen molar-refractivity contribution in [2.75, 3.05) is 13.2 Å². The highest BCUT2D eigenvalue weighted by Crippen LogP contribution is 2.20. The molecule has 2 N–H and O–H groups in total. The van der Waals surface area contributed by atoms with Gasteiger partial charge in [0.25, 0.3) is 5.91 Å². The number of ether oxygens (including phenoxy) is 1. The van der Waals surface area contributed by atoms with E-state index >= 15 is 0 Å². The molecule has 0 aliphatic rings. The van der Waals surface area contributed by atoms with Gasteiger partial charge < -0.3 is 15.2 Å². The first kappa shape index (κ1) is 17.5. The molecule has 0 saturated heterocycles. The van der Waals surface area contributed by atoms with Gasteiger partial charge in [-0.2, -0.15) is 0 Å². The molecule has 0 saturated carbocycles. The second-order valence-corrected chi connectivity index (χ2v) is 5.95. The van der Waals surface area contributed by atoms with Crippen molar-refractivity contribution < 1.29 is 14.6 Å². The Balaban J connectivity index is 2.55. The molecule has 1 atom stereocenters. The van der Waals surface area contributed by atoms with Crippen LogP contribution in [-0.2, 0) is 4.79 Å². The Labute approximate surface area is 127 Å². The van der Waals surface area contributed by atoms with Crippen molar-refractivity contribution >= 4 is 5.91 Å². The molecule has 0 aliphatic carbocycles. The molecular weight excluding hydrogens is 266 g/mol. The van der Waals surface area contributed by atoms with Gasteiger partial charge in [0.2, 0.25) is 0 Å². The average molecular weight is 293 g/mol. The van der Waals surface area contributed by atoms with Crippen molar-refractivity contribution in [1.82, 2.24) is 5.32 Å². The molecule has 118 valence electrons. The van der Waals surface area contributed by atoms with Gasteiger partial charge >= 0.3 is 0 Å². The number of hydrogen-bond donors (Lipinski definition) is 2. The quantitative estimate of drug-likeness (QED) is 0.775. The van der Waals surface area contributed by atoms with Crippen LogP contribution in [0.15, 0.2) is 24.3 Å². The largest absolute Gasteiger partial charge is 0.484 e. The number of aliphatic hydroxyl groups excluding tert-OH is 1. The summed E-state index contributed by atoms with van der Waals surface area (Å²) in [7, 11) is 0. The van der Waals surface area contributed by atoms with E-state index in [1.165, 1.54) is 5.56 Å². The SMILES string of the molecule is CCC(C)(CCO)NC(=O)COc1cccc(C(C)C)c1. The summed E-state index contributed by atoms with van der Waals surface area (Å²) in [5.41, 5.74) is 0.807. The fourth-order valence-electron chi connectivity index (χ4n) is 2.06. The second-order valence-electron chi connectivity index (χ2n) is 5.95. The zero-order valence-corrected chi connectivity index (χ0v) is 13.5. The van der Waals surface area contributed by atoms with E-state index in [0.29, 0.717) is 18.1 Å². The maximum Gasteiger partial charge on any atom is 0.258 e. The molecule has 1 aromatic carbocycles. The van der Waals surface area contributed by atoms with Crippen LogP contribution < -0.4 is 10.1 Å². The van der Waals surface area contributed by atoms with E-state index in [1.807, 2.05) is 38.1 Å². The zero-order chi connectivity index (χ0) is 15.9. The average Bonchev–Trinajstić information content (AvgIpc) is 2.45. The van der Waals surface area contributed by atoms with Crippen LogP contribution in [0.4, 0.5) is 0 Å². The Bertz CT molecular complexity index is 459. The Morgan fingerprint density at radius 1 is 1.43 bits per heavy atom. The number of rotatable bonds is 8. The monoisotopic (exact) mass is 293 g/mol. The molecular formula is C17H27NO3. The molecule has 4 heteroatoms. The topological polar surface area (TPSA) is 58.6 Å². The Morgan fingerprint density at radius 2 is 2.14 bits per heavy atom. The van der Waals surface area contributed by atoms with E-state index in [1.54, 1.807) is 0 Å². The van der Waals surface area contributed by atoms with Gasteiger partial charge in [-0.25, -0.2) is 0 Å². The lowest BCUT2D eigenvalue weighted by Gasteiger charge is -2.28. The fourth-order valence-corrected chi connectivity index (χ4v) is 2.06. The van der Waals surface area contributed by atoms with Gasteiger partial charge in [-0.15, -0.1) is 0 Å². The third kappa shape index (κ3) is 5.76. The molecule has 1 unspecified atom stereocenters. The van der Waals surface area contributed by atoms with Crippen molar-refractivity contribution in [2.24, 2.45) is 0 Å². The number of carbonyl (C=O) groups is 1. The molecule has 1 amide bonds. The molecule has 0 fully saturated rings. The van der Waals surface area contributed by atoms with Crippen molar-refractivity contribution in [1.29, 1.82) is 0 Å². The van der Waals surface area contributed by atoms with Crippen molar-refractivity contribution in [3.05, 3.63) is 29.8 Å². The number of aliphatic hydroxyl groups is 1. The molecule has 0 spiro atoms. The number of nitrogens with one attached hydrogen (secondary N) is 1. The van der Waals surface area contributed by atoms with Gasteiger partial charge in [0, 0.05) is 12.1 Å². The fraction of sp³-hybridized carbons (Fsp3) is 0.588. The summed E-state index contributed by atoms with van der Waals surface area (Å²) in [5.74, 6) is 0.967. The number of benzene rings is 1. The van der Waals surface area contributed by atoms with E-state index in [0.717, 1.165) is 6.42 Å². The van der Waals surface area contributed by atoms with Gasteiger partial charge in [-0.05, 0) is 43.4 Å². The van der Waals surface area contributed by atoms with E-state index in [-0.39, 0.29) is 24.7 Å². The molecule has 1 aromatic rings. The lowest BCUT2D eigenvalue weighted by molar-refractivity contribution is -0.125. The van der Waals surface area contributed by atoms with Crippen molar-refractivity contribution in [2.45, 2.75) is 52.0 Å². The highest BCUT2D eigenvalue weighted by Gasteiger charge is 2.23. The zero-order valence-electron chi connectivity index (χ0n) is 13.5. The standard InChI is InChI=1S/C17H27NO3/c1-5-17(4,9-10-19)18-16(20)12-21-15-8-6-7-14(11-15)13(2)3/h6-8,11,13,19H,5,9-10,12H2,1-4H3,(H,18,20). The molecule has 21 heavy (non-hydrogen) atoms. The van der Waals surface area contributed by atoms with Crippen molar-refractivity contribution in [3.8, 4) is 5.75 Å². The van der Waals surface area contributed by atoms with Gasteiger partial charge in [0.1, 0.15) is 5.75 Å². The summed E-state index contributed by atoms with van der Waals surface area (Å²) in [6, 6.07) is 7.80. The van der Waals surface area contributed by atoms with E-state index < -0.39 is 0 Å². The molecule has 0 aliphatic heterocycles. The predicted octanol–water partition coefficient (Wildman–Crippen LogP) is 2.86. The third-order valence-electron chi connectivity index (χ3n) is 3.78. The lowest BCUT2D eigenvalue weighted by atomic mass is 9.95. The second kappa shape index (κ2) is 8.03. The van der Waals surface area contributed by atoms with E-state index in [2.05, 4.69) is 19.2 Å². The smallest absolute Gasteiger partial charge is 0.258 e. The Hall–Kier alpha value is -1.55. The van der Waals surface area contributed by atoms with Gasteiger partial charge in [0.05, 0.1) is 0 Å². The third-order valence-corrected chi connectivity index (χ3v) is 3.78. The molecule has 0 heterocycles. The number of carbonyl (C=O) groups excluding carboxylic acids is 1. The minimum absolute atomic E-state index is 0.0113. The normalized spacial score (nSPS) is 13.8. The van der Waals surface area contributed by atoms with Crippen LogP contribution in [0.5, 0.6) is 5.75 Å². The summed E-state index contributed by atoms with van der Waals surface area (Å²) in [4.78, 5) is 12.0. The lowest BCUT2D eigenvalue weighted by Crippen LogP contribution is -2.47. The predicted molar refractivity (Wildman–Crippen MR) is 84.6 cm³/mol. The molecule has 0 radical (unpaired) electrons. The van der Waals surface area contributed by atoms with Crippen LogP contribution in [0.1, 0.15) is 52.0 Å². The minimum Gasteiger partial charge on any atom is -0.484 e. The maximum absolute atomic E-state index is 12.0. The van der Waals surface area contributed by atoms with Crippen LogP contribution in [0, 0.1) is 0 Å².